The van der Waals surface area contributed by atoms with Gasteiger partial charge in [0.2, 0.25) is 0 Å². The summed E-state index contributed by atoms with van der Waals surface area (Å²) in [6.45, 7) is 0. The highest BCUT2D eigenvalue weighted by Gasteiger charge is 2.48. The molecule has 2 aromatic carbocycles. The molecule has 0 bridgehead atoms. The topological polar surface area (TPSA) is 34.1 Å². The summed E-state index contributed by atoms with van der Waals surface area (Å²) in [4.78, 5) is -0.341. The lowest BCUT2D eigenvalue weighted by molar-refractivity contribution is -0.129. The van der Waals surface area contributed by atoms with Crippen LogP contribution in [0.1, 0.15) is 12.0 Å². The molecule has 0 amide bonds. The number of rotatable bonds is 5. The van der Waals surface area contributed by atoms with Crippen LogP contribution < -0.4 is 0 Å². The SMILES string of the molecule is O=S(=O)(c1ccccc1)C(C/C=C/c1ccc(Cl)cc1)C(F)(F)F. The molecule has 1 unspecified atom stereocenters. The van der Waals surface area contributed by atoms with Crippen molar-refractivity contribution in [1.82, 2.24) is 0 Å². The van der Waals surface area contributed by atoms with Crippen molar-refractivity contribution in [3.63, 3.8) is 0 Å². The van der Waals surface area contributed by atoms with Crippen LogP contribution in [-0.2, 0) is 9.84 Å². The molecule has 2 rings (SSSR count). The maximum Gasteiger partial charge on any atom is 0.406 e. The molecule has 2 aromatic rings. The molecule has 1 atom stereocenters. The van der Waals surface area contributed by atoms with E-state index in [4.69, 9.17) is 11.6 Å². The van der Waals surface area contributed by atoms with Gasteiger partial charge in [-0.3, -0.25) is 0 Å². The normalized spacial score (nSPS) is 14.0. The standard InChI is InChI=1S/C17H14ClF3O2S/c18-14-11-9-13(10-12-14)5-4-8-16(17(19,20)21)24(22,23)15-6-2-1-3-7-15/h1-7,9-12,16H,8H2/b5-4+. The zero-order chi connectivity index (χ0) is 17.8. The van der Waals surface area contributed by atoms with Crippen molar-refractivity contribution in [2.24, 2.45) is 0 Å². The molecule has 0 saturated carbocycles. The third-order valence-electron chi connectivity index (χ3n) is 3.34. The average molecular weight is 375 g/mol. The highest BCUT2D eigenvalue weighted by Crippen LogP contribution is 2.33. The molecule has 24 heavy (non-hydrogen) atoms. The van der Waals surface area contributed by atoms with E-state index in [1.54, 1.807) is 30.3 Å². The van der Waals surface area contributed by atoms with Gasteiger partial charge in [-0.15, -0.1) is 0 Å². The summed E-state index contributed by atoms with van der Waals surface area (Å²) in [5.74, 6) is 0. The van der Waals surface area contributed by atoms with Crippen LogP contribution in [-0.4, -0.2) is 19.8 Å². The molecule has 0 radical (unpaired) electrons. The minimum Gasteiger partial charge on any atom is -0.223 e. The Balaban J connectivity index is 2.25. The Hall–Kier alpha value is -1.79. The van der Waals surface area contributed by atoms with Gasteiger partial charge in [-0.05, 0) is 36.2 Å². The van der Waals surface area contributed by atoms with E-state index in [-0.39, 0.29) is 4.90 Å². The molecule has 0 aliphatic heterocycles. The number of halogens is 4. The Kier molecular flexibility index (Phi) is 5.72. The minimum atomic E-state index is -4.86. The molecule has 0 aromatic heterocycles. The largest absolute Gasteiger partial charge is 0.406 e. The smallest absolute Gasteiger partial charge is 0.223 e. The summed E-state index contributed by atoms with van der Waals surface area (Å²) in [7, 11) is -4.52. The van der Waals surface area contributed by atoms with Crippen LogP contribution >= 0.6 is 11.6 Å². The summed E-state index contributed by atoms with van der Waals surface area (Å²) >= 11 is 5.73. The zero-order valence-corrected chi connectivity index (χ0v) is 13.9. The van der Waals surface area contributed by atoms with Crippen LogP contribution in [0.5, 0.6) is 0 Å². The van der Waals surface area contributed by atoms with E-state index in [1.807, 2.05) is 0 Å². The fraction of sp³-hybridized carbons (Fsp3) is 0.176. The van der Waals surface area contributed by atoms with Crippen LogP contribution in [0.25, 0.3) is 6.08 Å². The first kappa shape index (κ1) is 18.5. The molecule has 128 valence electrons. The quantitative estimate of drug-likeness (QED) is 0.725. The van der Waals surface area contributed by atoms with E-state index in [9.17, 15) is 21.6 Å². The minimum absolute atomic E-state index is 0.341. The second-order valence-corrected chi connectivity index (χ2v) is 7.64. The zero-order valence-electron chi connectivity index (χ0n) is 12.4. The highest BCUT2D eigenvalue weighted by atomic mass is 35.5. The number of sulfone groups is 1. The molecule has 7 heteroatoms. The predicted molar refractivity (Wildman–Crippen MR) is 88.6 cm³/mol. The van der Waals surface area contributed by atoms with Gasteiger partial charge < -0.3 is 0 Å². The average Bonchev–Trinajstić information content (AvgIpc) is 2.52. The molecule has 0 aliphatic carbocycles. The van der Waals surface area contributed by atoms with E-state index >= 15 is 0 Å². The van der Waals surface area contributed by atoms with Gasteiger partial charge in [0.05, 0.1) is 4.90 Å². The molecule has 0 spiro atoms. The lowest BCUT2D eigenvalue weighted by Crippen LogP contribution is -2.36. The summed E-state index contributed by atoms with van der Waals surface area (Å²) < 4.78 is 64.3. The second kappa shape index (κ2) is 7.40. The third-order valence-corrected chi connectivity index (χ3v) is 5.73. The molecule has 0 saturated heterocycles. The fourth-order valence-corrected chi connectivity index (χ4v) is 3.82. The van der Waals surface area contributed by atoms with Crippen LogP contribution in [0.4, 0.5) is 13.2 Å². The molecule has 0 fully saturated rings. The third kappa shape index (κ3) is 4.61. The lowest BCUT2D eigenvalue weighted by atomic mass is 10.2. The maximum absolute atomic E-state index is 13.2. The van der Waals surface area contributed by atoms with Crippen molar-refractivity contribution in [3.8, 4) is 0 Å². The predicted octanol–water partition coefficient (Wildman–Crippen LogP) is 5.15. The highest BCUT2D eigenvalue weighted by molar-refractivity contribution is 7.92. The summed E-state index contributed by atoms with van der Waals surface area (Å²) in [6.07, 6.45) is -2.88. The molecule has 0 heterocycles. The lowest BCUT2D eigenvalue weighted by Gasteiger charge is -2.19. The van der Waals surface area contributed by atoms with Crippen LogP contribution in [0.15, 0.2) is 65.6 Å². The number of hydrogen-bond donors (Lipinski definition) is 0. The Bertz CT molecular complexity index is 798. The van der Waals surface area contributed by atoms with Crippen molar-refractivity contribution < 1.29 is 21.6 Å². The molecule has 0 N–H and O–H groups in total. The van der Waals surface area contributed by atoms with Crippen molar-refractivity contribution >= 4 is 27.5 Å². The Morgan fingerprint density at radius 1 is 1.00 bits per heavy atom. The number of allylic oxidation sites excluding steroid dienone is 1. The second-order valence-electron chi connectivity index (χ2n) is 5.08. The van der Waals surface area contributed by atoms with E-state index < -0.39 is 27.7 Å². The van der Waals surface area contributed by atoms with Gasteiger partial charge in [-0.2, -0.15) is 13.2 Å². The van der Waals surface area contributed by atoms with Crippen LogP contribution in [0.2, 0.25) is 5.02 Å². The van der Waals surface area contributed by atoms with Crippen molar-refractivity contribution in [3.05, 3.63) is 71.3 Å². The van der Waals surface area contributed by atoms with Gasteiger partial charge in [-0.25, -0.2) is 8.42 Å². The number of hydrogen-bond acceptors (Lipinski definition) is 2. The first-order valence-electron chi connectivity index (χ1n) is 6.99. The Morgan fingerprint density at radius 3 is 2.12 bits per heavy atom. The summed E-state index contributed by atoms with van der Waals surface area (Å²) in [5, 5.41) is -1.98. The van der Waals surface area contributed by atoms with Crippen molar-refractivity contribution in [2.45, 2.75) is 22.7 Å². The Labute approximate surface area is 143 Å². The van der Waals surface area contributed by atoms with Gasteiger partial charge in [0.25, 0.3) is 0 Å². The Morgan fingerprint density at radius 2 is 1.58 bits per heavy atom. The van der Waals surface area contributed by atoms with E-state index in [0.29, 0.717) is 10.6 Å². The monoisotopic (exact) mass is 374 g/mol. The van der Waals surface area contributed by atoms with Gasteiger partial charge >= 0.3 is 6.18 Å². The van der Waals surface area contributed by atoms with E-state index in [1.165, 1.54) is 24.3 Å². The van der Waals surface area contributed by atoms with Crippen molar-refractivity contribution in [2.75, 3.05) is 0 Å². The first-order chi connectivity index (χ1) is 11.2. The van der Waals surface area contributed by atoms with Gasteiger partial charge in [0.1, 0.15) is 0 Å². The maximum atomic E-state index is 13.2. The molecule has 2 nitrogen and oxygen atoms in total. The summed E-state index contributed by atoms with van der Waals surface area (Å²) in [5.41, 5.74) is 0.637. The number of benzene rings is 2. The van der Waals surface area contributed by atoms with Crippen LogP contribution in [0, 0.1) is 0 Å². The first-order valence-corrected chi connectivity index (χ1v) is 8.91. The van der Waals surface area contributed by atoms with Crippen LogP contribution in [0.3, 0.4) is 0 Å². The van der Waals surface area contributed by atoms with Gasteiger partial charge in [0, 0.05) is 5.02 Å². The van der Waals surface area contributed by atoms with E-state index in [0.717, 1.165) is 12.1 Å². The fourth-order valence-electron chi connectivity index (χ4n) is 2.11. The number of alkyl halides is 3. The summed E-state index contributed by atoms with van der Waals surface area (Å²) in [6, 6.07) is 13.1. The van der Waals surface area contributed by atoms with Crippen molar-refractivity contribution in [1.29, 1.82) is 0 Å². The molecular weight excluding hydrogens is 361 g/mol. The molecular formula is C17H14ClF3O2S. The van der Waals surface area contributed by atoms with Gasteiger partial charge in [-0.1, -0.05) is 54.1 Å². The molecule has 0 aliphatic rings. The van der Waals surface area contributed by atoms with E-state index in [2.05, 4.69) is 0 Å². The van der Waals surface area contributed by atoms with Gasteiger partial charge in [0.15, 0.2) is 15.1 Å².